The first-order valence-electron chi connectivity index (χ1n) is 6.41. The highest BCUT2D eigenvalue weighted by Gasteiger charge is 1.99. The van der Waals surface area contributed by atoms with Gasteiger partial charge in [0.15, 0.2) is 0 Å². The van der Waals surface area contributed by atoms with Gasteiger partial charge in [-0.15, -0.1) is 0 Å². The van der Waals surface area contributed by atoms with Crippen LogP contribution in [0.3, 0.4) is 0 Å². The van der Waals surface area contributed by atoms with Crippen molar-refractivity contribution in [3.8, 4) is 0 Å². The van der Waals surface area contributed by atoms with Gasteiger partial charge in [-0.1, -0.05) is 36.4 Å². The third-order valence-electron chi connectivity index (χ3n) is 2.99. The fraction of sp³-hybridized carbons (Fsp3) is 0.118. The molecule has 0 aliphatic heterocycles. The van der Waals surface area contributed by atoms with E-state index in [-0.39, 0.29) is 11.7 Å². The van der Waals surface area contributed by atoms with Gasteiger partial charge in [0.05, 0.1) is 0 Å². The monoisotopic (exact) mass is 269 g/mol. The minimum Gasteiger partial charge on any atom is -0.348 e. The first-order valence-corrected chi connectivity index (χ1v) is 6.41. The van der Waals surface area contributed by atoms with E-state index in [2.05, 4.69) is 5.32 Å². The standard InChI is InChI=1S/C17H16FNO/c1-13-5-2-3-7-15(13)12-19-17(20)10-9-14-6-4-8-16(18)11-14/h2-11H,12H2,1H3,(H,19,20)/b10-9+. The van der Waals surface area contributed by atoms with E-state index < -0.39 is 0 Å². The molecular formula is C17H16FNO. The van der Waals surface area contributed by atoms with Crippen LogP contribution >= 0.6 is 0 Å². The second-order valence-corrected chi connectivity index (χ2v) is 4.53. The summed E-state index contributed by atoms with van der Waals surface area (Å²) in [7, 11) is 0. The summed E-state index contributed by atoms with van der Waals surface area (Å²) < 4.78 is 13.0. The van der Waals surface area contributed by atoms with Crippen molar-refractivity contribution in [2.24, 2.45) is 0 Å². The molecule has 3 heteroatoms. The predicted molar refractivity (Wildman–Crippen MR) is 78.5 cm³/mol. The molecule has 0 bridgehead atoms. The smallest absolute Gasteiger partial charge is 0.244 e. The predicted octanol–water partition coefficient (Wildman–Crippen LogP) is 3.46. The molecule has 0 atom stereocenters. The number of nitrogens with one attached hydrogen (secondary N) is 1. The maximum Gasteiger partial charge on any atom is 0.244 e. The van der Waals surface area contributed by atoms with E-state index in [9.17, 15) is 9.18 Å². The van der Waals surface area contributed by atoms with E-state index >= 15 is 0 Å². The molecule has 1 amide bonds. The second kappa shape index (κ2) is 6.66. The Hall–Kier alpha value is -2.42. The van der Waals surface area contributed by atoms with Gasteiger partial charge in [-0.25, -0.2) is 4.39 Å². The Morgan fingerprint density at radius 1 is 1.20 bits per heavy atom. The lowest BCUT2D eigenvalue weighted by Crippen LogP contribution is -2.20. The zero-order valence-electron chi connectivity index (χ0n) is 11.3. The molecule has 0 fully saturated rings. The van der Waals surface area contributed by atoms with E-state index in [0.29, 0.717) is 12.1 Å². The fourth-order valence-electron chi connectivity index (χ4n) is 1.83. The van der Waals surface area contributed by atoms with Crippen LogP contribution in [-0.2, 0) is 11.3 Å². The van der Waals surface area contributed by atoms with Crippen LogP contribution in [0.4, 0.5) is 4.39 Å². The summed E-state index contributed by atoms with van der Waals surface area (Å²) in [5.41, 5.74) is 2.89. The number of carbonyl (C=O) groups is 1. The summed E-state index contributed by atoms with van der Waals surface area (Å²) in [6.45, 7) is 2.49. The molecule has 20 heavy (non-hydrogen) atoms. The Kier molecular flexibility index (Phi) is 4.66. The second-order valence-electron chi connectivity index (χ2n) is 4.53. The van der Waals surface area contributed by atoms with E-state index in [4.69, 9.17) is 0 Å². The Morgan fingerprint density at radius 3 is 2.75 bits per heavy atom. The largest absolute Gasteiger partial charge is 0.348 e. The lowest BCUT2D eigenvalue weighted by atomic mass is 10.1. The number of rotatable bonds is 4. The molecule has 102 valence electrons. The average Bonchev–Trinajstić information content (AvgIpc) is 2.44. The van der Waals surface area contributed by atoms with Crippen LogP contribution in [0.1, 0.15) is 16.7 Å². The van der Waals surface area contributed by atoms with Crippen molar-refractivity contribution in [2.75, 3.05) is 0 Å². The van der Waals surface area contributed by atoms with Crippen LogP contribution in [-0.4, -0.2) is 5.91 Å². The number of aryl methyl sites for hydroxylation is 1. The Balaban J connectivity index is 1.91. The van der Waals surface area contributed by atoms with Crippen LogP contribution in [0.25, 0.3) is 6.08 Å². The number of benzene rings is 2. The van der Waals surface area contributed by atoms with Crippen LogP contribution in [0, 0.1) is 12.7 Å². The van der Waals surface area contributed by atoms with Gasteiger partial charge in [0.25, 0.3) is 0 Å². The van der Waals surface area contributed by atoms with Gasteiger partial charge in [-0.3, -0.25) is 4.79 Å². The third-order valence-corrected chi connectivity index (χ3v) is 2.99. The average molecular weight is 269 g/mol. The Bertz CT molecular complexity index is 634. The van der Waals surface area contributed by atoms with E-state index in [0.717, 1.165) is 11.1 Å². The molecular weight excluding hydrogens is 253 g/mol. The van der Waals surface area contributed by atoms with Crippen molar-refractivity contribution >= 4 is 12.0 Å². The topological polar surface area (TPSA) is 29.1 Å². The maximum absolute atomic E-state index is 13.0. The molecule has 1 N–H and O–H groups in total. The van der Waals surface area contributed by atoms with Gasteiger partial charge in [0, 0.05) is 12.6 Å². The summed E-state index contributed by atoms with van der Waals surface area (Å²) in [5, 5.41) is 2.81. The zero-order chi connectivity index (χ0) is 14.4. The van der Waals surface area contributed by atoms with E-state index in [1.54, 1.807) is 18.2 Å². The minimum atomic E-state index is -0.313. The van der Waals surface area contributed by atoms with Gasteiger partial charge in [-0.2, -0.15) is 0 Å². The highest BCUT2D eigenvalue weighted by molar-refractivity contribution is 5.91. The summed E-state index contributed by atoms with van der Waals surface area (Å²) in [5.74, 6) is -0.509. The molecule has 0 heterocycles. The molecule has 0 spiro atoms. The lowest BCUT2D eigenvalue weighted by Gasteiger charge is -2.05. The van der Waals surface area contributed by atoms with Crippen molar-refractivity contribution in [2.45, 2.75) is 13.5 Å². The molecule has 2 aromatic rings. The number of carbonyl (C=O) groups excluding carboxylic acids is 1. The quantitative estimate of drug-likeness (QED) is 0.846. The van der Waals surface area contributed by atoms with Gasteiger partial charge in [0.2, 0.25) is 5.91 Å². The first-order chi connectivity index (χ1) is 9.65. The molecule has 0 aromatic heterocycles. The minimum absolute atomic E-state index is 0.197. The van der Waals surface area contributed by atoms with Gasteiger partial charge < -0.3 is 5.32 Å². The summed E-state index contributed by atoms with van der Waals surface area (Å²) in [6, 6.07) is 14.0. The maximum atomic E-state index is 13.0. The number of hydrogen-bond donors (Lipinski definition) is 1. The molecule has 0 radical (unpaired) electrons. The molecule has 0 saturated carbocycles. The highest BCUT2D eigenvalue weighted by Crippen LogP contribution is 2.07. The molecule has 2 rings (SSSR count). The van der Waals surface area contributed by atoms with E-state index in [1.807, 2.05) is 31.2 Å². The van der Waals surface area contributed by atoms with Crippen LogP contribution in [0.5, 0.6) is 0 Å². The van der Waals surface area contributed by atoms with Gasteiger partial charge in [0.1, 0.15) is 5.82 Å². The van der Waals surface area contributed by atoms with Crippen LogP contribution in [0.15, 0.2) is 54.6 Å². The Labute approximate surface area is 118 Å². The molecule has 2 nitrogen and oxygen atoms in total. The van der Waals surface area contributed by atoms with Gasteiger partial charge in [-0.05, 0) is 41.8 Å². The van der Waals surface area contributed by atoms with Crippen LogP contribution in [0.2, 0.25) is 0 Å². The van der Waals surface area contributed by atoms with Gasteiger partial charge >= 0.3 is 0 Å². The van der Waals surface area contributed by atoms with Crippen molar-refractivity contribution < 1.29 is 9.18 Å². The normalized spacial score (nSPS) is 10.7. The zero-order valence-corrected chi connectivity index (χ0v) is 11.3. The SMILES string of the molecule is Cc1ccccc1CNC(=O)/C=C/c1cccc(F)c1. The third kappa shape index (κ3) is 4.05. The van der Waals surface area contributed by atoms with Crippen LogP contribution < -0.4 is 5.32 Å². The number of hydrogen-bond acceptors (Lipinski definition) is 1. The summed E-state index contributed by atoms with van der Waals surface area (Å²) in [4.78, 5) is 11.7. The molecule has 0 aliphatic carbocycles. The molecule has 0 unspecified atom stereocenters. The van der Waals surface area contributed by atoms with Crippen molar-refractivity contribution in [3.05, 3.63) is 77.1 Å². The van der Waals surface area contributed by atoms with E-state index in [1.165, 1.54) is 18.2 Å². The lowest BCUT2D eigenvalue weighted by molar-refractivity contribution is -0.116. The number of amides is 1. The molecule has 0 saturated heterocycles. The summed E-state index contributed by atoms with van der Waals surface area (Å²) >= 11 is 0. The first kappa shape index (κ1) is 14.0. The van der Waals surface area contributed by atoms with Crippen molar-refractivity contribution in [3.63, 3.8) is 0 Å². The van der Waals surface area contributed by atoms with Crippen molar-refractivity contribution in [1.82, 2.24) is 5.32 Å². The Morgan fingerprint density at radius 2 is 2.00 bits per heavy atom. The molecule has 0 aliphatic rings. The summed E-state index contributed by atoms with van der Waals surface area (Å²) in [6.07, 6.45) is 3.00. The highest BCUT2D eigenvalue weighted by atomic mass is 19.1. The molecule has 2 aromatic carbocycles. The number of halogens is 1. The van der Waals surface area contributed by atoms with Crippen molar-refractivity contribution in [1.29, 1.82) is 0 Å². The fourth-order valence-corrected chi connectivity index (χ4v) is 1.83.